The van der Waals surface area contributed by atoms with Crippen LogP contribution in [0.15, 0.2) is 36.7 Å². The molecule has 2 aromatic carbocycles. The van der Waals surface area contributed by atoms with Crippen LogP contribution in [0.2, 0.25) is 0 Å². The monoisotopic (exact) mass is 503 g/mol. The van der Waals surface area contributed by atoms with Crippen LogP contribution in [0.1, 0.15) is 53.6 Å². The van der Waals surface area contributed by atoms with Gasteiger partial charge >= 0.3 is 0 Å². The molecule has 9 heteroatoms. The van der Waals surface area contributed by atoms with Gasteiger partial charge in [0.15, 0.2) is 11.6 Å². The van der Waals surface area contributed by atoms with Crippen LogP contribution < -0.4 is 15.8 Å². The molecule has 0 spiro atoms. The predicted molar refractivity (Wildman–Crippen MR) is 137 cm³/mol. The average Bonchev–Trinajstić information content (AvgIpc) is 3.70. The van der Waals surface area contributed by atoms with Crippen molar-refractivity contribution in [3.8, 4) is 29.0 Å². The van der Waals surface area contributed by atoms with Crippen molar-refractivity contribution in [1.82, 2.24) is 14.9 Å². The number of halogens is 2. The SMILES string of the molecule is CC#CN1CC[C@H]1COc1c(N)ncnc1-c1cc(F)cc(NC(=O)c2ccc(C3CC3)cc2F)c1C. The average molecular weight is 504 g/mol. The lowest BCUT2D eigenvalue weighted by molar-refractivity contribution is 0.102. The zero-order valence-electron chi connectivity index (χ0n) is 20.6. The molecule has 0 radical (unpaired) electrons. The molecule has 2 heterocycles. The predicted octanol–water partition coefficient (Wildman–Crippen LogP) is 4.88. The molecular formula is C28H27F2N5O2. The Morgan fingerprint density at radius 2 is 2.03 bits per heavy atom. The van der Waals surface area contributed by atoms with E-state index in [9.17, 15) is 13.6 Å². The third-order valence-electron chi connectivity index (χ3n) is 6.81. The molecule has 1 aliphatic heterocycles. The number of nitrogen functional groups attached to an aromatic ring is 1. The largest absolute Gasteiger partial charge is 0.485 e. The van der Waals surface area contributed by atoms with Crippen LogP contribution in [0.4, 0.5) is 20.3 Å². The van der Waals surface area contributed by atoms with Gasteiger partial charge in [0, 0.05) is 23.8 Å². The Morgan fingerprint density at radius 3 is 2.70 bits per heavy atom. The molecule has 1 aromatic heterocycles. The van der Waals surface area contributed by atoms with Crippen LogP contribution in [0.5, 0.6) is 5.75 Å². The third kappa shape index (κ3) is 5.05. The normalized spacial score (nSPS) is 16.4. The summed E-state index contributed by atoms with van der Waals surface area (Å²) in [5.74, 6) is 1.71. The van der Waals surface area contributed by atoms with Gasteiger partial charge in [-0.1, -0.05) is 12.0 Å². The van der Waals surface area contributed by atoms with Gasteiger partial charge in [-0.3, -0.25) is 4.79 Å². The standard InChI is InChI=1S/C28H27F2N5O2/c1-3-9-35-10-8-20(35)14-37-26-25(32-15-33-27(26)31)22-12-19(29)13-24(16(22)2)34-28(36)21-7-6-18(11-23(21)30)17-4-5-17/h6-7,11-13,15,17,20H,4-5,8,10,14H2,1-2H3,(H,34,36)(H2,31,32,33)/t20-/m0/s1. The highest BCUT2D eigenvalue weighted by atomic mass is 19.1. The number of nitrogens with two attached hydrogens (primary N) is 1. The number of anilines is 2. The van der Waals surface area contributed by atoms with Gasteiger partial charge in [-0.25, -0.2) is 18.7 Å². The van der Waals surface area contributed by atoms with Gasteiger partial charge in [-0.2, -0.15) is 0 Å². The maximum atomic E-state index is 14.8. The summed E-state index contributed by atoms with van der Waals surface area (Å²) in [6, 6.07) is 10.2. The number of ether oxygens (including phenoxy) is 1. The Hall–Kier alpha value is -4.19. The van der Waals surface area contributed by atoms with E-state index in [1.165, 1.54) is 30.6 Å². The summed E-state index contributed by atoms with van der Waals surface area (Å²) in [6.07, 6.45) is 4.25. The maximum Gasteiger partial charge on any atom is 0.258 e. The van der Waals surface area contributed by atoms with Crippen LogP contribution >= 0.6 is 0 Å². The van der Waals surface area contributed by atoms with Gasteiger partial charge in [0.05, 0.1) is 11.6 Å². The van der Waals surface area contributed by atoms with Crippen molar-refractivity contribution in [2.75, 3.05) is 24.2 Å². The Balaban J connectivity index is 1.42. The van der Waals surface area contributed by atoms with Crippen molar-refractivity contribution < 1.29 is 18.3 Å². The number of nitrogens with zero attached hydrogens (tertiary/aromatic N) is 3. The summed E-state index contributed by atoms with van der Waals surface area (Å²) < 4.78 is 35.5. The molecule has 1 amide bonds. The summed E-state index contributed by atoms with van der Waals surface area (Å²) in [7, 11) is 0. The van der Waals surface area contributed by atoms with Crippen molar-refractivity contribution in [2.45, 2.75) is 45.1 Å². The van der Waals surface area contributed by atoms with Gasteiger partial charge in [0.2, 0.25) is 0 Å². The number of hydrogen-bond acceptors (Lipinski definition) is 6. The van der Waals surface area contributed by atoms with Crippen LogP contribution in [0.3, 0.4) is 0 Å². The molecule has 0 unspecified atom stereocenters. The summed E-state index contributed by atoms with van der Waals surface area (Å²) in [5.41, 5.74) is 8.28. The molecule has 2 aliphatic rings. The minimum absolute atomic E-state index is 0.101. The molecule has 7 nitrogen and oxygen atoms in total. The van der Waals surface area contributed by atoms with E-state index in [1.807, 2.05) is 4.90 Å². The Kier molecular flexibility index (Phi) is 6.66. The van der Waals surface area contributed by atoms with E-state index in [-0.39, 0.29) is 28.9 Å². The van der Waals surface area contributed by atoms with Crippen molar-refractivity contribution in [3.63, 3.8) is 0 Å². The molecule has 1 aliphatic carbocycles. The van der Waals surface area contributed by atoms with Gasteiger partial charge in [-0.05, 0) is 74.4 Å². The van der Waals surface area contributed by atoms with Crippen molar-refractivity contribution >= 4 is 17.4 Å². The molecule has 0 bridgehead atoms. The summed E-state index contributed by atoms with van der Waals surface area (Å²) in [6.45, 7) is 4.66. The van der Waals surface area contributed by atoms with Gasteiger partial charge in [0.25, 0.3) is 5.91 Å². The molecule has 3 aromatic rings. The highest BCUT2D eigenvalue weighted by Crippen LogP contribution is 2.41. The van der Waals surface area contributed by atoms with Crippen molar-refractivity contribution in [2.24, 2.45) is 0 Å². The summed E-state index contributed by atoms with van der Waals surface area (Å²) in [4.78, 5) is 23.2. The molecule has 2 fully saturated rings. The second-order valence-corrected chi connectivity index (χ2v) is 9.34. The molecule has 5 rings (SSSR count). The number of carbonyl (C=O) groups excluding carboxylic acids is 1. The first-order valence-electron chi connectivity index (χ1n) is 12.2. The Labute approximate surface area is 214 Å². The molecule has 37 heavy (non-hydrogen) atoms. The van der Waals surface area contributed by atoms with E-state index >= 15 is 0 Å². The fourth-order valence-electron chi connectivity index (χ4n) is 4.44. The van der Waals surface area contributed by atoms with E-state index in [0.717, 1.165) is 31.4 Å². The summed E-state index contributed by atoms with van der Waals surface area (Å²) >= 11 is 0. The van der Waals surface area contributed by atoms with Crippen LogP contribution in [0, 0.1) is 30.5 Å². The number of benzene rings is 2. The molecule has 3 N–H and O–H groups in total. The zero-order valence-corrected chi connectivity index (χ0v) is 20.6. The Morgan fingerprint density at radius 1 is 1.22 bits per heavy atom. The first kappa shape index (κ1) is 24.5. The van der Waals surface area contributed by atoms with Crippen molar-refractivity contribution in [1.29, 1.82) is 0 Å². The third-order valence-corrected chi connectivity index (χ3v) is 6.81. The number of aromatic nitrogens is 2. The maximum absolute atomic E-state index is 14.8. The Bertz CT molecular complexity index is 1430. The first-order chi connectivity index (χ1) is 17.9. The van der Waals surface area contributed by atoms with Gasteiger partial charge < -0.3 is 20.7 Å². The molecule has 190 valence electrons. The topological polar surface area (TPSA) is 93.4 Å². The minimum atomic E-state index is -0.666. The summed E-state index contributed by atoms with van der Waals surface area (Å²) in [5, 5.41) is 2.65. The van der Waals surface area contributed by atoms with E-state index in [2.05, 4.69) is 27.2 Å². The van der Waals surface area contributed by atoms with Crippen LogP contribution in [-0.2, 0) is 0 Å². The number of hydrogen-bond donors (Lipinski definition) is 2. The number of nitrogens with one attached hydrogen (secondary N) is 1. The van der Waals surface area contributed by atoms with E-state index < -0.39 is 17.5 Å². The molecule has 1 saturated heterocycles. The second-order valence-electron chi connectivity index (χ2n) is 9.34. The van der Waals surface area contributed by atoms with E-state index in [1.54, 1.807) is 19.9 Å². The second kappa shape index (κ2) is 10.1. The highest BCUT2D eigenvalue weighted by Gasteiger charge is 2.28. The van der Waals surface area contributed by atoms with E-state index in [0.29, 0.717) is 29.3 Å². The number of carbonyl (C=O) groups is 1. The van der Waals surface area contributed by atoms with Crippen LogP contribution in [0.25, 0.3) is 11.3 Å². The van der Waals surface area contributed by atoms with Gasteiger partial charge in [-0.15, -0.1) is 0 Å². The quantitative estimate of drug-likeness (QED) is 0.447. The number of rotatable bonds is 7. The lowest BCUT2D eigenvalue weighted by Gasteiger charge is -2.37. The number of amides is 1. The van der Waals surface area contributed by atoms with Crippen LogP contribution in [-0.4, -0.2) is 40.0 Å². The minimum Gasteiger partial charge on any atom is -0.485 e. The highest BCUT2D eigenvalue weighted by molar-refractivity contribution is 6.05. The zero-order chi connectivity index (χ0) is 26.1. The lowest BCUT2D eigenvalue weighted by Crippen LogP contribution is -2.47. The number of likely N-dealkylation sites (tertiary alicyclic amines) is 1. The van der Waals surface area contributed by atoms with E-state index in [4.69, 9.17) is 10.5 Å². The molecule has 1 saturated carbocycles. The van der Waals surface area contributed by atoms with Gasteiger partial charge in [0.1, 0.15) is 30.3 Å². The fourth-order valence-corrected chi connectivity index (χ4v) is 4.44. The fraction of sp³-hybridized carbons (Fsp3) is 0.321. The van der Waals surface area contributed by atoms with Crippen molar-refractivity contribution in [3.05, 3.63) is 65.0 Å². The first-order valence-corrected chi connectivity index (χ1v) is 12.2. The smallest absolute Gasteiger partial charge is 0.258 e. The molecule has 1 atom stereocenters. The lowest BCUT2D eigenvalue weighted by atomic mass is 10.0. The molecular weight excluding hydrogens is 476 g/mol.